The molecular formula is C17H25BrCl2N2O2. The molecule has 2 aromatic rings. The van der Waals surface area contributed by atoms with E-state index in [4.69, 9.17) is 9.52 Å². The van der Waals surface area contributed by atoms with Crippen LogP contribution < -0.4 is 10.6 Å². The summed E-state index contributed by atoms with van der Waals surface area (Å²) in [5.74, 6) is 1.85. The lowest BCUT2D eigenvalue weighted by molar-refractivity contribution is 0.292. The zero-order valence-corrected chi connectivity index (χ0v) is 16.9. The van der Waals surface area contributed by atoms with Crippen LogP contribution in [-0.2, 0) is 6.54 Å². The highest BCUT2D eigenvalue weighted by atomic mass is 79.9. The molecule has 0 amide bonds. The molecule has 3 N–H and O–H groups in total. The van der Waals surface area contributed by atoms with Gasteiger partial charge in [-0.3, -0.25) is 0 Å². The van der Waals surface area contributed by atoms with Crippen LogP contribution in [0.25, 0.3) is 11.3 Å². The first-order valence-electron chi connectivity index (χ1n) is 7.58. The van der Waals surface area contributed by atoms with E-state index in [9.17, 15) is 0 Å². The van der Waals surface area contributed by atoms with Crippen LogP contribution in [0.15, 0.2) is 39.2 Å². The quantitative estimate of drug-likeness (QED) is 0.518. The monoisotopic (exact) mass is 438 g/mol. The van der Waals surface area contributed by atoms with Gasteiger partial charge in [-0.05, 0) is 62.3 Å². The van der Waals surface area contributed by atoms with Gasteiger partial charge in [0.05, 0.1) is 13.2 Å². The zero-order chi connectivity index (χ0) is 15.8. The number of aryl methyl sites for hydroxylation is 1. The second kappa shape index (κ2) is 12.8. The van der Waals surface area contributed by atoms with E-state index in [1.807, 2.05) is 18.2 Å². The third kappa shape index (κ3) is 7.55. The van der Waals surface area contributed by atoms with E-state index < -0.39 is 0 Å². The molecule has 0 aliphatic heterocycles. The van der Waals surface area contributed by atoms with Crippen molar-refractivity contribution >= 4 is 40.7 Å². The van der Waals surface area contributed by atoms with Gasteiger partial charge in [-0.15, -0.1) is 24.8 Å². The average Bonchev–Trinajstić information content (AvgIpc) is 2.95. The van der Waals surface area contributed by atoms with Gasteiger partial charge < -0.3 is 20.2 Å². The van der Waals surface area contributed by atoms with Gasteiger partial charge in [0, 0.05) is 16.6 Å². The minimum absolute atomic E-state index is 0. The molecule has 1 aromatic heterocycles. The number of benzene rings is 1. The first-order chi connectivity index (χ1) is 10.7. The summed E-state index contributed by atoms with van der Waals surface area (Å²) < 4.78 is 6.99. The number of aliphatic hydroxyl groups excluding tert-OH is 1. The second-order valence-corrected chi connectivity index (χ2v) is 6.14. The largest absolute Gasteiger partial charge is 0.460 e. The topological polar surface area (TPSA) is 57.4 Å². The number of halogens is 3. The molecule has 0 aliphatic carbocycles. The normalized spacial score (nSPS) is 10.1. The molecule has 0 unspecified atom stereocenters. The summed E-state index contributed by atoms with van der Waals surface area (Å²) in [6, 6.07) is 10.2. The predicted molar refractivity (Wildman–Crippen MR) is 107 cm³/mol. The van der Waals surface area contributed by atoms with Crippen molar-refractivity contribution in [1.82, 2.24) is 10.6 Å². The minimum atomic E-state index is 0. The maximum Gasteiger partial charge on any atom is 0.134 e. The molecule has 4 nitrogen and oxygen atoms in total. The highest BCUT2D eigenvalue weighted by molar-refractivity contribution is 9.10. The Kier molecular flexibility index (Phi) is 12.5. The van der Waals surface area contributed by atoms with Crippen LogP contribution in [0.3, 0.4) is 0 Å². The number of aliphatic hydroxyl groups is 1. The van der Waals surface area contributed by atoms with Crippen molar-refractivity contribution in [2.24, 2.45) is 0 Å². The number of rotatable bonds is 9. The Morgan fingerprint density at radius 3 is 2.50 bits per heavy atom. The smallest absolute Gasteiger partial charge is 0.134 e. The van der Waals surface area contributed by atoms with E-state index in [1.165, 1.54) is 5.56 Å². The molecular weight excluding hydrogens is 415 g/mol. The number of hydrogen-bond donors (Lipinski definition) is 3. The van der Waals surface area contributed by atoms with Crippen molar-refractivity contribution in [3.05, 3.63) is 46.1 Å². The van der Waals surface area contributed by atoms with E-state index in [0.717, 1.165) is 47.6 Å². The molecule has 2 rings (SSSR count). The molecule has 0 saturated carbocycles. The summed E-state index contributed by atoms with van der Waals surface area (Å²) in [7, 11) is 0. The standard InChI is InChI=1S/C17H23BrN2O2.2ClH/c1-13-11-14(18)3-5-16(13)17-6-4-15(22-17)12-20-8-2-7-19-9-10-21;;/h3-6,11,19-21H,2,7-10,12H2,1H3;2*1H. The van der Waals surface area contributed by atoms with Crippen LogP contribution in [0.4, 0.5) is 0 Å². The Bertz CT molecular complexity index is 594. The Balaban J connectivity index is 0.00000264. The first kappa shape index (κ1) is 23.4. The third-order valence-electron chi connectivity index (χ3n) is 3.41. The second-order valence-electron chi connectivity index (χ2n) is 5.23. The van der Waals surface area contributed by atoms with Crippen molar-refractivity contribution < 1.29 is 9.52 Å². The fourth-order valence-corrected chi connectivity index (χ4v) is 2.75. The van der Waals surface area contributed by atoms with Crippen molar-refractivity contribution in [2.45, 2.75) is 19.9 Å². The summed E-state index contributed by atoms with van der Waals surface area (Å²) in [5, 5.41) is 15.2. The van der Waals surface area contributed by atoms with Gasteiger partial charge in [-0.1, -0.05) is 15.9 Å². The SMILES string of the molecule is Cc1cc(Br)ccc1-c1ccc(CNCCCNCCO)o1.Cl.Cl. The summed E-state index contributed by atoms with van der Waals surface area (Å²) in [5.41, 5.74) is 2.32. The fraction of sp³-hybridized carbons (Fsp3) is 0.412. The van der Waals surface area contributed by atoms with Gasteiger partial charge >= 0.3 is 0 Å². The van der Waals surface area contributed by atoms with E-state index >= 15 is 0 Å². The van der Waals surface area contributed by atoms with E-state index in [0.29, 0.717) is 6.54 Å². The van der Waals surface area contributed by atoms with E-state index in [2.05, 4.69) is 45.6 Å². The lowest BCUT2D eigenvalue weighted by atomic mass is 10.1. The van der Waals surface area contributed by atoms with Crippen molar-refractivity contribution in [3.63, 3.8) is 0 Å². The van der Waals surface area contributed by atoms with Crippen LogP contribution >= 0.6 is 40.7 Å². The zero-order valence-electron chi connectivity index (χ0n) is 13.7. The summed E-state index contributed by atoms with van der Waals surface area (Å²) in [4.78, 5) is 0. The van der Waals surface area contributed by atoms with E-state index in [-0.39, 0.29) is 31.4 Å². The Labute approximate surface area is 164 Å². The molecule has 24 heavy (non-hydrogen) atoms. The van der Waals surface area contributed by atoms with Crippen LogP contribution in [0.1, 0.15) is 17.7 Å². The fourth-order valence-electron chi connectivity index (χ4n) is 2.28. The molecule has 0 atom stereocenters. The molecule has 7 heteroatoms. The highest BCUT2D eigenvalue weighted by Gasteiger charge is 2.07. The molecule has 0 saturated heterocycles. The minimum Gasteiger partial charge on any atom is -0.460 e. The summed E-state index contributed by atoms with van der Waals surface area (Å²) in [6.45, 7) is 5.50. The molecule has 136 valence electrons. The lowest BCUT2D eigenvalue weighted by Crippen LogP contribution is -2.23. The highest BCUT2D eigenvalue weighted by Crippen LogP contribution is 2.27. The van der Waals surface area contributed by atoms with Crippen LogP contribution in [-0.4, -0.2) is 31.3 Å². The van der Waals surface area contributed by atoms with Crippen LogP contribution in [0, 0.1) is 6.92 Å². The van der Waals surface area contributed by atoms with Gasteiger partial charge in [0.25, 0.3) is 0 Å². The van der Waals surface area contributed by atoms with E-state index in [1.54, 1.807) is 0 Å². The molecule has 0 aliphatic rings. The Morgan fingerprint density at radius 1 is 1.04 bits per heavy atom. The van der Waals surface area contributed by atoms with Crippen LogP contribution in [0.5, 0.6) is 0 Å². The predicted octanol–water partition coefficient (Wildman–Crippen LogP) is 3.92. The molecule has 1 heterocycles. The number of furan rings is 1. The van der Waals surface area contributed by atoms with Gasteiger partial charge in [0.2, 0.25) is 0 Å². The van der Waals surface area contributed by atoms with Gasteiger partial charge in [0.15, 0.2) is 0 Å². The molecule has 0 radical (unpaired) electrons. The lowest BCUT2D eigenvalue weighted by Gasteiger charge is -2.05. The third-order valence-corrected chi connectivity index (χ3v) is 3.90. The number of hydrogen-bond acceptors (Lipinski definition) is 4. The average molecular weight is 440 g/mol. The maximum atomic E-state index is 8.66. The van der Waals surface area contributed by atoms with Gasteiger partial charge in [0.1, 0.15) is 11.5 Å². The van der Waals surface area contributed by atoms with Crippen LogP contribution in [0.2, 0.25) is 0 Å². The first-order valence-corrected chi connectivity index (χ1v) is 8.37. The number of nitrogens with one attached hydrogen (secondary N) is 2. The molecule has 0 spiro atoms. The molecule has 1 aromatic carbocycles. The Morgan fingerprint density at radius 2 is 1.79 bits per heavy atom. The summed E-state index contributed by atoms with van der Waals surface area (Å²) in [6.07, 6.45) is 1.03. The van der Waals surface area contributed by atoms with Crippen molar-refractivity contribution in [3.8, 4) is 11.3 Å². The van der Waals surface area contributed by atoms with Gasteiger partial charge in [-0.25, -0.2) is 0 Å². The molecule has 0 bridgehead atoms. The maximum absolute atomic E-state index is 8.66. The Hall–Kier alpha value is -0.560. The summed E-state index contributed by atoms with van der Waals surface area (Å²) >= 11 is 3.48. The van der Waals surface area contributed by atoms with Crippen molar-refractivity contribution in [2.75, 3.05) is 26.2 Å². The van der Waals surface area contributed by atoms with Crippen molar-refractivity contribution in [1.29, 1.82) is 0 Å². The van der Waals surface area contributed by atoms with Gasteiger partial charge in [-0.2, -0.15) is 0 Å². The molecule has 0 fully saturated rings.